The van der Waals surface area contributed by atoms with Gasteiger partial charge in [0.2, 0.25) is 0 Å². The summed E-state index contributed by atoms with van der Waals surface area (Å²) >= 11 is 6.45. The van der Waals surface area contributed by atoms with Crippen molar-refractivity contribution in [1.82, 2.24) is 9.88 Å². The quantitative estimate of drug-likeness (QED) is 0.926. The molecule has 0 spiro atoms. The van der Waals surface area contributed by atoms with Crippen LogP contribution in [-0.2, 0) is 13.1 Å². The third-order valence-corrected chi connectivity index (χ3v) is 4.79. The van der Waals surface area contributed by atoms with Crippen molar-refractivity contribution in [3.63, 3.8) is 0 Å². The molecule has 4 nitrogen and oxygen atoms in total. The van der Waals surface area contributed by atoms with Gasteiger partial charge >= 0.3 is 0 Å². The number of carbonyl (C=O) groups is 1. The van der Waals surface area contributed by atoms with E-state index in [0.717, 1.165) is 13.7 Å². The zero-order chi connectivity index (χ0) is 13.1. The minimum absolute atomic E-state index is 0.0736. The van der Waals surface area contributed by atoms with Gasteiger partial charge in [0.25, 0.3) is 5.91 Å². The van der Waals surface area contributed by atoms with Gasteiger partial charge in [0.15, 0.2) is 0 Å². The summed E-state index contributed by atoms with van der Waals surface area (Å²) < 4.78 is 1.07. The summed E-state index contributed by atoms with van der Waals surface area (Å²) in [4.78, 5) is 19.1. The van der Waals surface area contributed by atoms with E-state index in [9.17, 15) is 4.79 Å². The first-order chi connectivity index (χ1) is 8.60. The molecule has 1 amide bonds. The Morgan fingerprint density at radius 2 is 2.33 bits per heavy atom. The number of carbonyl (C=O) groups excluding carboxylic acids is 1. The maximum Gasteiger partial charge on any atom is 0.273 e. The smallest absolute Gasteiger partial charge is 0.273 e. The van der Waals surface area contributed by atoms with E-state index in [2.05, 4.69) is 20.9 Å². The van der Waals surface area contributed by atoms with Crippen molar-refractivity contribution >= 4 is 44.5 Å². The van der Waals surface area contributed by atoms with Gasteiger partial charge in [-0.25, -0.2) is 4.98 Å². The molecule has 18 heavy (non-hydrogen) atoms. The number of hydrogen-bond acceptors (Lipinski definition) is 5. The highest BCUT2D eigenvalue weighted by Crippen LogP contribution is 2.23. The van der Waals surface area contributed by atoms with Crippen molar-refractivity contribution in [2.75, 3.05) is 7.05 Å². The second-order valence-corrected chi connectivity index (χ2v) is 7.19. The van der Waals surface area contributed by atoms with Gasteiger partial charge in [-0.3, -0.25) is 4.79 Å². The summed E-state index contributed by atoms with van der Waals surface area (Å²) in [7, 11) is 1.78. The number of thiophene rings is 1. The van der Waals surface area contributed by atoms with Crippen LogP contribution >= 0.6 is 38.6 Å². The maximum atomic E-state index is 12.1. The Morgan fingerprint density at radius 1 is 1.56 bits per heavy atom. The van der Waals surface area contributed by atoms with Crippen molar-refractivity contribution in [2.24, 2.45) is 5.73 Å². The first-order valence-electron chi connectivity index (χ1n) is 5.24. The van der Waals surface area contributed by atoms with Crippen LogP contribution in [0.4, 0.5) is 0 Å². The fourth-order valence-corrected chi connectivity index (χ4v) is 3.63. The summed E-state index contributed by atoms with van der Waals surface area (Å²) in [5, 5.41) is 2.54. The van der Waals surface area contributed by atoms with E-state index in [0.29, 0.717) is 18.8 Å². The Kier molecular flexibility index (Phi) is 4.50. The number of amides is 1. The van der Waals surface area contributed by atoms with E-state index in [1.807, 2.05) is 12.1 Å². The van der Waals surface area contributed by atoms with Gasteiger partial charge in [-0.2, -0.15) is 0 Å². The van der Waals surface area contributed by atoms with Crippen LogP contribution in [0.25, 0.3) is 0 Å². The van der Waals surface area contributed by atoms with Gasteiger partial charge in [-0.1, -0.05) is 0 Å². The monoisotopic (exact) mass is 345 g/mol. The summed E-state index contributed by atoms with van der Waals surface area (Å²) in [6, 6.07) is 3.98. The van der Waals surface area contributed by atoms with Crippen LogP contribution in [0.15, 0.2) is 21.3 Å². The lowest BCUT2D eigenvalue weighted by molar-refractivity contribution is 0.0781. The molecule has 0 bridgehead atoms. The van der Waals surface area contributed by atoms with Gasteiger partial charge in [0.1, 0.15) is 10.7 Å². The molecule has 0 aliphatic rings. The summed E-state index contributed by atoms with van der Waals surface area (Å²) in [6.45, 7) is 0.962. The molecule has 0 saturated heterocycles. The number of aromatic nitrogens is 1. The molecule has 0 aliphatic heterocycles. The van der Waals surface area contributed by atoms with Gasteiger partial charge in [0.05, 0.1) is 10.3 Å². The molecule has 2 N–H and O–H groups in total. The summed E-state index contributed by atoms with van der Waals surface area (Å²) in [6.07, 6.45) is 0. The van der Waals surface area contributed by atoms with E-state index in [-0.39, 0.29) is 5.91 Å². The number of hydrogen-bond donors (Lipinski definition) is 1. The van der Waals surface area contributed by atoms with Gasteiger partial charge in [-0.05, 0) is 28.1 Å². The van der Waals surface area contributed by atoms with Crippen LogP contribution in [0.1, 0.15) is 20.4 Å². The SMILES string of the molecule is CN(Cc1ccc(Br)s1)C(=O)c1csc(CN)n1. The highest BCUT2D eigenvalue weighted by atomic mass is 79.9. The molecule has 2 rings (SSSR count). The molecule has 96 valence electrons. The molecular formula is C11H12BrN3OS2. The van der Waals surface area contributed by atoms with E-state index in [1.54, 1.807) is 28.7 Å². The molecule has 0 unspecified atom stereocenters. The topological polar surface area (TPSA) is 59.2 Å². The minimum Gasteiger partial charge on any atom is -0.335 e. The van der Waals surface area contributed by atoms with Crippen molar-refractivity contribution in [3.8, 4) is 0 Å². The second-order valence-electron chi connectivity index (χ2n) is 3.70. The van der Waals surface area contributed by atoms with Gasteiger partial charge in [0, 0.05) is 23.8 Å². The average molecular weight is 346 g/mol. The van der Waals surface area contributed by atoms with Gasteiger partial charge < -0.3 is 10.6 Å². The van der Waals surface area contributed by atoms with E-state index < -0.39 is 0 Å². The second kappa shape index (κ2) is 5.92. The zero-order valence-corrected chi connectivity index (χ0v) is 12.9. The Labute approximate surface area is 122 Å². The lowest BCUT2D eigenvalue weighted by Gasteiger charge is -2.14. The average Bonchev–Trinajstić information content (AvgIpc) is 2.97. The predicted octanol–water partition coefficient (Wildman–Crippen LogP) is 2.70. The number of rotatable bonds is 4. The lowest BCUT2D eigenvalue weighted by atomic mass is 10.4. The highest BCUT2D eigenvalue weighted by Gasteiger charge is 2.15. The Bertz CT molecular complexity index is 552. The first-order valence-corrected chi connectivity index (χ1v) is 7.73. The fraction of sp³-hybridized carbons (Fsp3) is 0.273. The van der Waals surface area contributed by atoms with Crippen LogP contribution in [0, 0.1) is 0 Å². The zero-order valence-electron chi connectivity index (χ0n) is 9.72. The fourth-order valence-electron chi connectivity index (χ4n) is 1.44. The van der Waals surface area contributed by atoms with E-state index in [4.69, 9.17) is 5.73 Å². The molecular weight excluding hydrogens is 334 g/mol. The molecule has 0 aromatic carbocycles. The standard InChI is InChI=1S/C11H12BrN3OS2/c1-15(5-7-2-3-9(12)18-7)11(16)8-6-17-10(4-13)14-8/h2-3,6H,4-5,13H2,1H3. The molecule has 0 fully saturated rings. The minimum atomic E-state index is -0.0736. The largest absolute Gasteiger partial charge is 0.335 e. The molecule has 2 aromatic rings. The third kappa shape index (κ3) is 3.17. The summed E-state index contributed by atoms with van der Waals surface area (Å²) in [5.41, 5.74) is 5.96. The Balaban J connectivity index is 2.04. The first kappa shape index (κ1) is 13.7. The molecule has 0 atom stereocenters. The van der Waals surface area contributed by atoms with Crippen LogP contribution in [0.5, 0.6) is 0 Å². The number of thiazole rings is 1. The van der Waals surface area contributed by atoms with Crippen LogP contribution in [-0.4, -0.2) is 22.8 Å². The maximum absolute atomic E-state index is 12.1. The molecule has 0 saturated carbocycles. The molecule has 2 aromatic heterocycles. The normalized spacial score (nSPS) is 10.6. The molecule has 2 heterocycles. The van der Waals surface area contributed by atoms with Crippen LogP contribution in [0.2, 0.25) is 0 Å². The van der Waals surface area contributed by atoms with Crippen molar-refractivity contribution in [3.05, 3.63) is 36.9 Å². The van der Waals surface area contributed by atoms with Gasteiger partial charge in [-0.15, -0.1) is 22.7 Å². The predicted molar refractivity (Wildman–Crippen MR) is 77.8 cm³/mol. The van der Waals surface area contributed by atoms with Crippen molar-refractivity contribution in [1.29, 1.82) is 0 Å². The number of nitrogens with two attached hydrogens (primary N) is 1. The molecule has 7 heteroatoms. The third-order valence-electron chi connectivity index (χ3n) is 2.31. The molecule has 0 aliphatic carbocycles. The van der Waals surface area contributed by atoms with E-state index >= 15 is 0 Å². The number of halogens is 1. The Morgan fingerprint density at radius 3 is 2.89 bits per heavy atom. The molecule has 0 radical (unpaired) electrons. The number of nitrogens with zero attached hydrogens (tertiary/aromatic N) is 2. The van der Waals surface area contributed by atoms with Crippen LogP contribution < -0.4 is 5.73 Å². The highest BCUT2D eigenvalue weighted by molar-refractivity contribution is 9.11. The summed E-state index contributed by atoms with van der Waals surface area (Å²) in [5.74, 6) is -0.0736. The lowest BCUT2D eigenvalue weighted by Crippen LogP contribution is -2.26. The Hall–Kier alpha value is -0.760. The van der Waals surface area contributed by atoms with Crippen LogP contribution in [0.3, 0.4) is 0 Å². The van der Waals surface area contributed by atoms with E-state index in [1.165, 1.54) is 11.3 Å². The van der Waals surface area contributed by atoms with Crippen molar-refractivity contribution in [2.45, 2.75) is 13.1 Å². The van der Waals surface area contributed by atoms with Crippen molar-refractivity contribution < 1.29 is 4.79 Å².